The Morgan fingerprint density at radius 2 is 1.56 bits per heavy atom. The van der Waals surface area contributed by atoms with Gasteiger partial charge in [-0.2, -0.15) is 0 Å². The summed E-state index contributed by atoms with van der Waals surface area (Å²) in [6, 6.07) is 0. The highest BCUT2D eigenvalue weighted by atomic mass is 16.3. The number of aliphatic hydroxyl groups excluding tert-OH is 2. The summed E-state index contributed by atoms with van der Waals surface area (Å²) in [5.41, 5.74) is 0. The number of rotatable bonds is 10. The minimum atomic E-state index is -0.353. The first-order valence-electron chi connectivity index (χ1n) is 6.43. The number of hydrogen-bond donors (Lipinski definition) is 3. The molecule has 2 atom stereocenters. The third-order valence-electron chi connectivity index (χ3n) is 2.75. The molecule has 4 heteroatoms. The Labute approximate surface area is 99.7 Å². The SMILES string of the molecule is CCCC(O)CNCC(O)CN(CC)CC. The van der Waals surface area contributed by atoms with Gasteiger partial charge in [0.05, 0.1) is 12.2 Å². The molecule has 0 radical (unpaired) electrons. The van der Waals surface area contributed by atoms with Crippen LogP contribution in [-0.2, 0) is 0 Å². The first kappa shape index (κ1) is 15.8. The first-order chi connectivity index (χ1) is 7.63. The topological polar surface area (TPSA) is 55.7 Å². The summed E-state index contributed by atoms with van der Waals surface area (Å²) in [5.74, 6) is 0. The lowest BCUT2D eigenvalue weighted by Crippen LogP contribution is -2.40. The van der Waals surface area contributed by atoms with E-state index in [2.05, 4.69) is 31.0 Å². The van der Waals surface area contributed by atoms with Gasteiger partial charge in [-0.25, -0.2) is 0 Å². The van der Waals surface area contributed by atoms with E-state index < -0.39 is 0 Å². The van der Waals surface area contributed by atoms with E-state index in [0.717, 1.165) is 25.9 Å². The van der Waals surface area contributed by atoms with Crippen molar-refractivity contribution in [1.29, 1.82) is 0 Å². The molecule has 0 aromatic heterocycles. The molecular formula is C12H28N2O2. The van der Waals surface area contributed by atoms with Gasteiger partial charge in [0.1, 0.15) is 0 Å². The van der Waals surface area contributed by atoms with Crippen molar-refractivity contribution in [2.75, 3.05) is 32.7 Å². The maximum atomic E-state index is 9.74. The maximum Gasteiger partial charge on any atom is 0.0791 e. The second-order valence-electron chi connectivity index (χ2n) is 4.24. The lowest BCUT2D eigenvalue weighted by Gasteiger charge is -2.22. The van der Waals surface area contributed by atoms with Gasteiger partial charge in [0.15, 0.2) is 0 Å². The van der Waals surface area contributed by atoms with Crippen LogP contribution in [0.4, 0.5) is 0 Å². The van der Waals surface area contributed by atoms with Crippen molar-refractivity contribution in [3.8, 4) is 0 Å². The van der Waals surface area contributed by atoms with Gasteiger partial charge in [-0.3, -0.25) is 0 Å². The smallest absolute Gasteiger partial charge is 0.0791 e. The summed E-state index contributed by atoms with van der Waals surface area (Å²) in [6.07, 6.45) is 1.17. The minimum absolute atomic E-state index is 0.286. The Morgan fingerprint density at radius 3 is 2.06 bits per heavy atom. The molecule has 98 valence electrons. The molecule has 0 saturated heterocycles. The fourth-order valence-electron chi connectivity index (χ4n) is 1.70. The number of likely N-dealkylation sites (N-methyl/N-ethyl adjacent to an activating group) is 1. The Kier molecular flexibility index (Phi) is 9.92. The molecule has 0 aliphatic heterocycles. The van der Waals surface area contributed by atoms with Crippen LogP contribution in [0.1, 0.15) is 33.6 Å². The van der Waals surface area contributed by atoms with Crippen molar-refractivity contribution in [2.24, 2.45) is 0 Å². The second kappa shape index (κ2) is 10.0. The van der Waals surface area contributed by atoms with Crippen molar-refractivity contribution in [3.05, 3.63) is 0 Å². The van der Waals surface area contributed by atoms with Crippen LogP contribution in [0.5, 0.6) is 0 Å². The first-order valence-corrected chi connectivity index (χ1v) is 6.43. The van der Waals surface area contributed by atoms with Crippen molar-refractivity contribution in [3.63, 3.8) is 0 Å². The van der Waals surface area contributed by atoms with Crippen molar-refractivity contribution < 1.29 is 10.2 Å². The van der Waals surface area contributed by atoms with Crippen LogP contribution in [0, 0.1) is 0 Å². The van der Waals surface area contributed by atoms with Gasteiger partial charge >= 0.3 is 0 Å². The van der Waals surface area contributed by atoms with Gasteiger partial charge in [-0.05, 0) is 19.5 Å². The zero-order chi connectivity index (χ0) is 12.4. The van der Waals surface area contributed by atoms with Crippen molar-refractivity contribution in [2.45, 2.75) is 45.8 Å². The van der Waals surface area contributed by atoms with E-state index in [1.165, 1.54) is 0 Å². The zero-order valence-electron chi connectivity index (χ0n) is 10.9. The predicted molar refractivity (Wildman–Crippen MR) is 67.6 cm³/mol. The highest BCUT2D eigenvalue weighted by molar-refractivity contribution is 4.67. The van der Waals surface area contributed by atoms with Crippen LogP contribution in [0.25, 0.3) is 0 Å². The quantitative estimate of drug-likeness (QED) is 0.511. The Balaban J connectivity index is 3.53. The van der Waals surface area contributed by atoms with Crippen molar-refractivity contribution in [1.82, 2.24) is 10.2 Å². The number of hydrogen-bond acceptors (Lipinski definition) is 4. The van der Waals surface area contributed by atoms with E-state index in [1.54, 1.807) is 0 Å². The number of nitrogens with zero attached hydrogens (tertiary/aromatic N) is 1. The molecule has 4 nitrogen and oxygen atoms in total. The molecule has 0 heterocycles. The van der Waals surface area contributed by atoms with Gasteiger partial charge in [0, 0.05) is 19.6 Å². The molecule has 0 bridgehead atoms. The van der Waals surface area contributed by atoms with Crippen LogP contribution < -0.4 is 5.32 Å². The second-order valence-corrected chi connectivity index (χ2v) is 4.24. The number of nitrogens with one attached hydrogen (secondary N) is 1. The van der Waals surface area contributed by atoms with E-state index in [4.69, 9.17) is 0 Å². The third kappa shape index (κ3) is 8.05. The molecule has 2 unspecified atom stereocenters. The minimum Gasteiger partial charge on any atom is -0.392 e. The van der Waals surface area contributed by atoms with Crippen LogP contribution in [0.3, 0.4) is 0 Å². The van der Waals surface area contributed by atoms with Crippen LogP contribution >= 0.6 is 0 Å². The summed E-state index contributed by atoms with van der Waals surface area (Å²) < 4.78 is 0. The fraction of sp³-hybridized carbons (Fsp3) is 1.00. The Morgan fingerprint density at radius 1 is 1.00 bits per heavy atom. The normalized spacial score (nSPS) is 15.4. The monoisotopic (exact) mass is 232 g/mol. The van der Waals surface area contributed by atoms with E-state index in [1.807, 2.05) is 0 Å². The highest BCUT2D eigenvalue weighted by Crippen LogP contribution is 1.95. The van der Waals surface area contributed by atoms with E-state index in [-0.39, 0.29) is 12.2 Å². The van der Waals surface area contributed by atoms with E-state index in [0.29, 0.717) is 19.6 Å². The molecule has 0 rings (SSSR count). The molecule has 0 amide bonds. The lowest BCUT2D eigenvalue weighted by atomic mass is 10.2. The fourth-order valence-corrected chi connectivity index (χ4v) is 1.70. The largest absolute Gasteiger partial charge is 0.392 e. The summed E-state index contributed by atoms with van der Waals surface area (Å²) in [6.45, 7) is 9.99. The predicted octanol–water partition coefficient (Wildman–Crippen LogP) is 0.440. The molecule has 0 aromatic rings. The molecule has 0 aliphatic carbocycles. The molecule has 16 heavy (non-hydrogen) atoms. The van der Waals surface area contributed by atoms with Crippen LogP contribution in [0.15, 0.2) is 0 Å². The summed E-state index contributed by atoms with van der Waals surface area (Å²) >= 11 is 0. The third-order valence-corrected chi connectivity index (χ3v) is 2.75. The van der Waals surface area contributed by atoms with Crippen molar-refractivity contribution >= 4 is 0 Å². The van der Waals surface area contributed by atoms with Gasteiger partial charge in [-0.15, -0.1) is 0 Å². The van der Waals surface area contributed by atoms with Gasteiger partial charge in [0.25, 0.3) is 0 Å². The summed E-state index contributed by atoms with van der Waals surface area (Å²) in [4.78, 5) is 2.19. The van der Waals surface area contributed by atoms with Gasteiger partial charge < -0.3 is 20.4 Å². The highest BCUT2D eigenvalue weighted by Gasteiger charge is 2.09. The Hall–Kier alpha value is -0.160. The van der Waals surface area contributed by atoms with E-state index in [9.17, 15) is 10.2 Å². The van der Waals surface area contributed by atoms with E-state index >= 15 is 0 Å². The molecule has 3 N–H and O–H groups in total. The van der Waals surface area contributed by atoms with Gasteiger partial charge in [-0.1, -0.05) is 27.2 Å². The molecule has 0 saturated carbocycles. The average molecular weight is 232 g/mol. The summed E-state index contributed by atoms with van der Waals surface area (Å²) in [7, 11) is 0. The average Bonchev–Trinajstić information content (AvgIpc) is 2.26. The van der Waals surface area contributed by atoms with Crippen LogP contribution in [0.2, 0.25) is 0 Å². The molecule has 0 aliphatic rings. The lowest BCUT2D eigenvalue weighted by molar-refractivity contribution is 0.107. The van der Waals surface area contributed by atoms with Crippen LogP contribution in [-0.4, -0.2) is 60.0 Å². The molecule has 0 spiro atoms. The number of aliphatic hydroxyl groups is 2. The molecular weight excluding hydrogens is 204 g/mol. The van der Waals surface area contributed by atoms with Gasteiger partial charge in [0.2, 0.25) is 0 Å². The maximum absolute atomic E-state index is 9.74. The Bertz CT molecular complexity index is 152. The zero-order valence-corrected chi connectivity index (χ0v) is 10.9. The molecule has 0 aromatic carbocycles. The summed E-state index contributed by atoms with van der Waals surface area (Å²) in [5, 5.41) is 22.3. The molecule has 0 fully saturated rings. The standard InChI is InChI=1S/C12H28N2O2/c1-4-7-11(15)8-13-9-12(16)10-14(5-2)6-3/h11-13,15-16H,4-10H2,1-3H3.